The summed E-state index contributed by atoms with van der Waals surface area (Å²) in [5, 5.41) is 14.3. The van der Waals surface area contributed by atoms with Crippen molar-refractivity contribution in [2.75, 3.05) is 49.7 Å². The molecule has 0 bridgehead atoms. The number of fused-ring (bicyclic) bond motifs is 2. The van der Waals surface area contributed by atoms with Crippen molar-refractivity contribution in [1.82, 2.24) is 10.2 Å². The predicted octanol–water partition coefficient (Wildman–Crippen LogP) is 4.81. The minimum atomic E-state index is -2.48. The first-order valence-corrected chi connectivity index (χ1v) is 21.9. The van der Waals surface area contributed by atoms with Gasteiger partial charge < -0.3 is 34.6 Å². The number of nitrogens with one attached hydrogen (secondary N) is 1. The van der Waals surface area contributed by atoms with E-state index in [1.165, 1.54) is 5.19 Å². The van der Waals surface area contributed by atoms with Crippen molar-refractivity contribution < 1.29 is 29.0 Å². The Balaban J connectivity index is 1.23. The highest BCUT2D eigenvalue weighted by Crippen LogP contribution is 2.60. The van der Waals surface area contributed by atoms with Crippen LogP contribution in [0.15, 0.2) is 103 Å². The molecule has 4 aromatic carbocycles. The van der Waals surface area contributed by atoms with E-state index < -0.39 is 19.8 Å². The number of aliphatic hydroxyl groups excluding tert-OH is 1. The maximum Gasteiger partial charge on any atom is 0.264 e. The zero-order chi connectivity index (χ0) is 38.0. The van der Waals surface area contributed by atoms with Crippen LogP contribution in [0.25, 0.3) is 0 Å². The molecule has 4 aromatic rings. The van der Waals surface area contributed by atoms with Crippen LogP contribution in [0.2, 0.25) is 18.6 Å². The molecule has 3 aliphatic heterocycles. The Morgan fingerprint density at radius 1 is 0.963 bits per heavy atom. The molecule has 282 valence electrons. The van der Waals surface area contributed by atoms with Gasteiger partial charge in [0.05, 0.1) is 53.1 Å². The number of piperazine rings is 1. The zero-order valence-corrected chi connectivity index (χ0v) is 32.5. The van der Waals surface area contributed by atoms with E-state index >= 15 is 4.79 Å². The van der Waals surface area contributed by atoms with Crippen LogP contribution >= 0.6 is 0 Å². The van der Waals surface area contributed by atoms with Gasteiger partial charge in [0.2, 0.25) is 11.8 Å². The van der Waals surface area contributed by atoms with Gasteiger partial charge in [-0.15, -0.1) is 0 Å². The third kappa shape index (κ3) is 6.85. The second-order valence-corrected chi connectivity index (χ2v) is 19.9. The van der Waals surface area contributed by atoms with Gasteiger partial charge in [-0.25, -0.2) is 0 Å². The van der Waals surface area contributed by atoms with Gasteiger partial charge in [-0.3, -0.25) is 14.4 Å². The molecule has 10 nitrogen and oxygen atoms in total. The minimum absolute atomic E-state index is 0.0372. The number of amides is 3. The number of hydrogen-bond donors (Lipinski definition) is 2. The minimum Gasteiger partial charge on any atom is -0.497 e. The highest BCUT2D eigenvalue weighted by molar-refractivity contribution is 6.91. The van der Waals surface area contributed by atoms with E-state index in [9.17, 15) is 14.7 Å². The van der Waals surface area contributed by atoms with Crippen LogP contribution in [0.1, 0.15) is 30.0 Å². The normalized spacial score (nSPS) is 22.5. The first-order valence-electron chi connectivity index (χ1n) is 18.8. The molecule has 0 saturated carbocycles. The van der Waals surface area contributed by atoms with Crippen LogP contribution in [-0.4, -0.2) is 81.8 Å². The first kappa shape index (κ1) is 37.5. The number of nitrogens with zero attached hydrogens (tertiary/aromatic N) is 3. The van der Waals surface area contributed by atoms with Crippen molar-refractivity contribution in [1.29, 1.82) is 0 Å². The molecular weight excluding hydrogens is 697 g/mol. The van der Waals surface area contributed by atoms with Crippen molar-refractivity contribution in [3.05, 3.63) is 120 Å². The molecule has 3 heterocycles. The summed E-state index contributed by atoms with van der Waals surface area (Å²) in [5.41, 5.74) is 2.96. The highest BCUT2D eigenvalue weighted by atomic mass is 28.3. The van der Waals surface area contributed by atoms with E-state index in [-0.39, 0.29) is 48.8 Å². The lowest BCUT2D eigenvalue weighted by Crippen LogP contribution is -2.52. The Morgan fingerprint density at radius 3 is 2.35 bits per heavy atom. The van der Waals surface area contributed by atoms with E-state index in [2.05, 4.69) is 37.5 Å². The van der Waals surface area contributed by atoms with Gasteiger partial charge in [0.15, 0.2) is 5.60 Å². The van der Waals surface area contributed by atoms with Gasteiger partial charge in [-0.2, -0.15) is 0 Å². The number of rotatable bonds is 12. The van der Waals surface area contributed by atoms with Crippen LogP contribution in [-0.2, 0) is 37.8 Å². The Labute approximate surface area is 318 Å². The molecule has 1 spiro atoms. The summed E-state index contributed by atoms with van der Waals surface area (Å²) >= 11 is 0. The molecule has 4 atom stereocenters. The van der Waals surface area contributed by atoms with Gasteiger partial charge in [-0.1, -0.05) is 98.0 Å². The van der Waals surface area contributed by atoms with Crippen LogP contribution in [0.5, 0.6) is 5.75 Å². The van der Waals surface area contributed by atoms with E-state index in [4.69, 9.17) is 9.47 Å². The maximum absolute atomic E-state index is 15.2. The predicted molar refractivity (Wildman–Crippen MR) is 212 cm³/mol. The topological polar surface area (TPSA) is 112 Å². The molecular formula is C43H50N4O6Si. The number of hydrogen-bond acceptors (Lipinski definition) is 7. The van der Waals surface area contributed by atoms with E-state index in [1.54, 1.807) is 16.9 Å². The summed E-state index contributed by atoms with van der Waals surface area (Å²) < 4.78 is 12.7. The Hall–Kier alpha value is -4.81. The quantitative estimate of drug-likeness (QED) is 0.201. The summed E-state index contributed by atoms with van der Waals surface area (Å²) in [6.07, 6.45) is -0.473. The van der Waals surface area contributed by atoms with E-state index in [1.807, 2.05) is 95.9 Å². The molecule has 0 aliphatic carbocycles. The SMILES string of the molecule is COc1ccc([Si](C)(C)[C@H]2[C@H](CC(=O)N(CCO)Cc3ccccc3)O[C@@]3(C(=O)N(Cc4ccc(N5CCNCC5=O)cc4)c4ccccc43)[C@@H]2C)cc1. The second-order valence-electron chi connectivity index (χ2n) is 15.2. The molecule has 0 radical (unpaired) electrons. The monoisotopic (exact) mass is 746 g/mol. The van der Waals surface area contributed by atoms with Crippen LogP contribution < -0.4 is 25.0 Å². The van der Waals surface area contributed by atoms with Gasteiger partial charge in [0.25, 0.3) is 5.91 Å². The molecule has 2 N–H and O–H groups in total. The standard InChI is InChI=1S/C43H50N4O6Si/c1-30-41(54(3,4)35-20-18-34(52-2)19-21-35)38(26-39(49)45(24-25-48)28-31-10-6-5-7-11-31)53-43(30)36-12-8-9-13-37(36)47(42(43)51)29-32-14-16-33(17-15-32)46-23-22-44-27-40(46)50/h5-21,30,38,41,44,48H,22-29H2,1-4H3/t30-,38+,41-,43+/m1/s1. The third-order valence-electron chi connectivity index (χ3n) is 11.7. The van der Waals surface area contributed by atoms with Gasteiger partial charge in [-0.05, 0) is 47.0 Å². The summed E-state index contributed by atoms with van der Waals surface area (Å²) in [6.45, 7) is 9.14. The summed E-state index contributed by atoms with van der Waals surface area (Å²) in [7, 11) is -0.827. The number of methoxy groups -OCH3 is 1. The van der Waals surface area contributed by atoms with Crippen molar-refractivity contribution in [3.8, 4) is 5.75 Å². The number of carbonyl (C=O) groups is 3. The van der Waals surface area contributed by atoms with Gasteiger partial charge in [0.1, 0.15) is 5.75 Å². The zero-order valence-electron chi connectivity index (χ0n) is 31.5. The molecule has 2 fully saturated rings. The van der Waals surface area contributed by atoms with Gasteiger partial charge >= 0.3 is 0 Å². The fourth-order valence-electron chi connectivity index (χ4n) is 8.99. The highest BCUT2D eigenvalue weighted by Gasteiger charge is 2.66. The maximum atomic E-state index is 15.2. The number of anilines is 2. The smallest absolute Gasteiger partial charge is 0.264 e. The fraction of sp³-hybridized carbons (Fsp3) is 0.372. The van der Waals surface area contributed by atoms with E-state index in [0.29, 0.717) is 26.2 Å². The molecule has 7 rings (SSSR count). The molecule has 11 heteroatoms. The fourth-order valence-corrected chi connectivity index (χ4v) is 13.0. The lowest BCUT2D eigenvalue weighted by Gasteiger charge is -2.37. The molecule has 0 unspecified atom stereocenters. The summed E-state index contributed by atoms with van der Waals surface area (Å²) in [5.74, 6) is 0.291. The molecule has 3 aliphatic rings. The van der Waals surface area contributed by atoms with Crippen molar-refractivity contribution in [3.63, 3.8) is 0 Å². The molecule has 2 saturated heterocycles. The van der Waals surface area contributed by atoms with Gasteiger partial charge in [0, 0.05) is 43.3 Å². The average molecular weight is 747 g/mol. The molecule has 3 amide bonds. The van der Waals surface area contributed by atoms with Crippen molar-refractivity contribution in [2.45, 2.75) is 56.8 Å². The summed E-state index contributed by atoms with van der Waals surface area (Å²) in [4.78, 5) is 47.3. The molecule has 54 heavy (non-hydrogen) atoms. The Morgan fingerprint density at radius 2 is 1.67 bits per heavy atom. The Kier molecular flexibility index (Phi) is 10.8. The largest absolute Gasteiger partial charge is 0.497 e. The third-order valence-corrected chi connectivity index (χ3v) is 16.1. The first-order chi connectivity index (χ1) is 26.1. The van der Waals surface area contributed by atoms with Crippen LogP contribution in [0.3, 0.4) is 0 Å². The lowest BCUT2D eigenvalue weighted by molar-refractivity contribution is -0.150. The number of para-hydroxylation sites is 1. The number of aliphatic hydroxyl groups is 1. The van der Waals surface area contributed by atoms with Crippen LogP contribution in [0, 0.1) is 5.92 Å². The van der Waals surface area contributed by atoms with Crippen molar-refractivity contribution >= 4 is 42.4 Å². The van der Waals surface area contributed by atoms with E-state index in [0.717, 1.165) is 40.4 Å². The second kappa shape index (κ2) is 15.5. The summed E-state index contributed by atoms with van der Waals surface area (Å²) in [6, 6.07) is 33.7. The lowest BCUT2D eigenvalue weighted by atomic mass is 9.82. The molecule has 0 aromatic heterocycles. The number of carbonyl (C=O) groups excluding carboxylic acids is 3. The van der Waals surface area contributed by atoms with Crippen molar-refractivity contribution in [2.24, 2.45) is 5.92 Å². The van der Waals surface area contributed by atoms with Crippen LogP contribution in [0.4, 0.5) is 11.4 Å². The Bertz CT molecular complexity index is 1970. The number of benzene rings is 4. The number of ether oxygens (including phenoxy) is 2. The average Bonchev–Trinajstić information content (AvgIpc) is 3.61.